The van der Waals surface area contributed by atoms with Crippen LogP contribution < -0.4 is 0 Å². The molecule has 1 aliphatic heterocycles. The SMILES string of the molecule is N#Cc1ccc(/C=C(\C(=O)O)c2ccc(S(=O)(=O)N3CCOCC3)s2)cc1. The maximum absolute atomic E-state index is 12.7. The molecule has 1 aromatic carbocycles. The Bertz CT molecular complexity index is 1010. The molecule has 1 N–H and O–H groups in total. The van der Waals surface area contributed by atoms with Crippen molar-refractivity contribution in [2.24, 2.45) is 0 Å². The van der Waals surface area contributed by atoms with Crippen molar-refractivity contribution in [2.75, 3.05) is 26.3 Å². The van der Waals surface area contributed by atoms with Gasteiger partial charge in [-0.2, -0.15) is 9.57 Å². The predicted molar refractivity (Wildman–Crippen MR) is 101 cm³/mol. The number of ether oxygens (including phenoxy) is 1. The first kappa shape index (κ1) is 19.3. The van der Waals surface area contributed by atoms with Gasteiger partial charge in [0.2, 0.25) is 0 Å². The Balaban J connectivity index is 1.92. The topological polar surface area (TPSA) is 108 Å². The third-order valence-electron chi connectivity index (χ3n) is 3.99. The fraction of sp³-hybridized carbons (Fsp3) is 0.222. The highest BCUT2D eigenvalue weighted by atomic mass is 32.2. The monoisotopic (exact) mass is 404 g/mol. The van der Waals surface area contributed by atoms with Crippen LogP contribution in [0.2, 0.25) is 0 Å². The maximum Gasteiger partial charge on any atom is 0.337 e. The molecule has 0 unspecified atom stereocenters. The molecule has 0 amide bonds. The Morgan fingerprint density at radius 2 is 1.85 bits per heavy atom. The summed E-state index contributed by atoms with van der Waals surface area (Å²) < 4.78 is 32.0. The van der Waals surface area contributed by atoms with Gasteiger partial charge < -0.3 is 9.84 Å². The van der Waals surface area contributed by atoms with Crippen molar-refractivity contribution in [1.29, 1.82) is 5.26 Å². The molecule has 140 valence electrons. The lowest BCUT2D eigenvalue weighted by Gasteiger charge is -2.25. The number of rotatable bonds is 5. The molecular formula is C18H16N2O5S2. The van der Waals surface area contributed by atoms with E-state index in [4.69, 9.17) is 10.00 Å². The number of carboxylic acids is 1. The molecule has 1 fully saturated rings. The summed E-state index contributed by atoms with van der Waals surface area (Å²) in [5.74, 6) is -1.16. The van der Waals surface area contributed by atoms with Crippen molar-refractivity contribution in [2.45, 2.75) is 4.21 Å². The fourth-order valence-corrected chi connectivity index (χ4v) is 5.45. The van der Waals surface area contributed by atoms with Crippen LogP contribution in [0.15, 0.2) is 40.6 Å². The highest BCUT2D eigenvalue weighted by molar-refractivity contribution is 7.91. The lowest BCUT2D eigenvalue weighted by atomic mass is 10.1. The summed E-state index contributed by atoms with van der Waals surface area (Å²) >= 11 is 0.925. The Labute approximate surface area is 160 Å². The second kappa shape index (κ2) is 8.02. The Hall–Kier alpha value is -2.51. The number of aliphatic carboxylic acids is 1. The molecule has 27 heavy (non-hydrogen) atoms. The molecule has 0 saturated carbocycles. The maximum atomic E-state index is 12.7. The number of hydrogen-bond donors (Lipinski definition) is 1. The minimum Gasteiger partial charge on any atom is -0.478 e. The minimum atomic E-state index is -3.67. The number of nitriles is 1. The predicted octanol–water partition coefficient (Wildman–Crippen LogP) is 2.27. The van der Waals surface area contributed by atoms with E-state index >= 15 is 0 Å². The van der Waals surface area contributed by atoms with Crippen molar-refractivity contribution in [3.05, 3.63) is 52.4 Å². The van der Waals surface area contributed by atoms with Crippen LogP contribution in [0.3, 0.4) is 0 Å². The van der Waals surface area contributed by atoms with Crippen LogP contribution in [0, 0.1) is 11.3 Å². The summed E-state index contributed by atoms with van der Waals surface area (Å²) in [6.45, 7) is 1.25. The van der Waals surface area contributed by atoms with Gasteiger partial charge in [-0.25, -0.2) is 13.2 Å². The second-order valence-corrected chi connectivity index (χ2v) is 8.98. The van der Waals surface area contributed by atoms with E-state index in [1.54, 1.807) is 24.3 Å². The standard InChI is InChI=1S/C18H16N2O5S2/c19-12-14-3-1-13(2-4-14)11-15(18(21)22)16-5-6-17(26-16)27(23,24)20-7-9-25-10-8-20/h1-6,11H,7-10H2,(H,21,22)/b15-11-. The van der Waals surface area contributed by atoms with Gasteiger partial charge in [0.15, 0.2) is 0 Å². The van der Waals surface area contributed by atoms with Crippen molar-refractivity contribution in [3.8, 4) is 6.07 Å². The van der Waals surface area contributed by atoms with Crippen LogP contribution in [0.5, 0.6) is 0 Å². The van der Waals surface area contributed by atoms with Gasteiger partial charge in [-0.1, -0.05) is 12.1 Å². The van der Waals surface area contributed by atoms with Gasteiger partial charge in [-0.05, 0) is 35.9 Å². The number of nitrogens with zero attached hydrogens (tertiary/aromatic N) is 2. The second-order valence-electron chi connectivity index (χ2n) is 5.73. The molecule has 9 heteroatoms. The minimum absolute atomic E-state index is 0.00636. The zero-order valence-corrected chi connectivity index (χ0v) is 15.8. The molecule has 0 bridgehead atoms. The molecule has 0 aliphatic carbocycles. The van der Waals surface area contributed by atoms with Gasteiger partial charge in [0.05, 0.1) is 30.4 Å². The number of thiophene rings is 1. The summed E-state index contributed by atoms with van der Waals surface area (Å²) in [7, 11) is -3.67. The van der Waals surface area contributed by atoms with Crippen molar-refractivity contribution < 1.29 is 23.1 Å². The Morgan fingerprint density at radius 1 is 1.19 bits per heavy atom. The largest absolute Gasteiger partial charge is 0.478 e. The molecule has 1 aliphatic rings. The van der Waals surface area contributed by atoms with E-state index in [2.05, 4.69) is 0 Å². The first-order valence-electron chi connectivity index (χ1n) is 8.05. The zero-order chi connectivity index (χ0) is 19.4. The molecule has 7 nitrogen and oxygen atoms in total. The quantitative estimate of drug-likeness (QED) is 0.766. The highest BCUT2D eigenvalue weighted by Crippen LogP contribution is 2.31. The molecule has 2 aromatic rings. The van der Waals surface area contributed by atoms with Gasteiger partial charge in [0.1, 0.15) is 4.21 Å². The number of carboxylic acid groups (broad SMARTS) is 1. The van der Waals surface area contributed by atoms with Crippen LogP contribution in [0.1, 0.15) is 16.0 Å². The molecule has 1 aromatic heterocycles. The third kappa shape index (κ3) is 4.26. The summed E-state index contributed by atoms with van der Waals surface area (Å²) in [5, 5.41) is 18.4. The van der Waals surface area contributed by atoms with Crippen LogP contribution in [0.4, 0.5) is 0 Å². The van der Waals surface area contributed by atoms with Crippen LogP contribution in [-0.4, -0.2) is 50.1 Å². The number of sulfonamides is 1. The number of hydrogen-bond acceptors (Lipinski definition) is 6. The first-order valence-corrected chi connectivity index (χ1v) is 10.3. The zero-order valence-electron chi connectivity index (χ0n) is 14.2. The van der Waals surface area contributed by atoms with Gasteiger partial charge >= 0.3 is 5.97 Å². The van der Waals surface area contributed by atoms with Crippen molar-refractivity contribution in [3.63, 3.8) is 0 Å². The van der Waals surface area contributed by atoms with E-state index in [-0.39, 0.29) is 22.9 Å². The van der Waals surface area contributed by atoms with Crippen LogP contribution in [-0.2, 0) is 19.6 Å². The Kier molecular flexibility index (Phi) is 5.72. The van der Waals surface area contributed by atoms with E-state index in [9.17, 15) is 18.3 Å². The van der Waals surface area contributed by atoms with Crippen LogP contribution in [0.25, 0.3) is 11.6 Å². The number of carbonyl (C=O) groups is 1. The molecule has 0 spiro atoms. The van der Waals surface area contributed by atoms with Gasteiger partial charge in [0.25, 0.3) is 10.0 Å². The van der Waals surface area contributed by atoms with Gasteiger partial charge in [-0.3, -0.25) is 0 Å². The normalized spacial score (nSPS) is 16.0. The van der Waals surface area contributed by atoms with E-state index in [0.717, 1.165) is 11.3 Å². The molecular weight excluding hydrogens is 388 g/mol. The van der Waals surface area contributed by atoms with Crippen molar-refractivity contribution in [1.82, 2.24) is 4.31 Å². The summed E-state index contributed by atoms with van der Waals surface area (Å²) in [5.41, 5.74) is 1.07. The lowest BCUT2D eigenvalue weighted by Crippen LogP contribution is -2.40. The average Bonchev–Trinajstić information content (AvgIpc) is 3.17. The lowest BCUT2D eigenvalue weighted by molar-refractivity contribution is -0.130. The fourth-order valence-electron chi connectivity index (χ4n) is 2.58. The third-order valence-corrected chi connectivity index (χ3v) is 7.48. The number of morpholine rings is 1. The molecule has 3 rings (SSSR count). The van der Waals surface area contributed by atoms with Crippen molar-refractivity contribution >= 4 is 39.0 Å². The van der Waals surface area contributed by atoms with E-state index < -0.39 is 16.0 Å². The average molecular weight is 404 g/mol. The van der Waals surface area contributed by atoms with Gasteiger partial charge in [-0.15, -0.1) is 11.3 Å². The van der Waals surface area contributed by atoms with E-state index in [0.29, 0.717) is 29.2 Å². The summed E-state index contributed by atoms with van der Waals surface area (Å²) in [4.78, 5) is 12.0. The summed E-state index contributed by atoms with van der Waals surface area (Å²) in [6, 6.07) is 11.4. The molecule has 2 heterocycles. The molecule has 1 saturated heterocycles. The number of benzene rings is 1. The first-order chi connectivity index (χ1) is 12.9. The van der Waals surface area contributed by atoms with Gasteiger partial charge in [0, 0.05) is 18.0 Å². The highest BCUT2D eigenvalue weighted by Gasteiger charge is 2.28. The molecule has 0 atom stereocenters. The molecule has 0 radical (unpaired) electrons. The summed E-state index contributed by atoms with van der Waals surface area (Å²) in [6.07, 6.45) is 1.46. The van der Waals surface area contributed by atoms with E-state index in [1.165, 1.54) is 22.5 Å². The van der Waals surface area contributed by atoms with Crippen LogP contribution >= 0.6 is 11.3 Å². The van der Waals surface area contributed by atoms with E-state index in [1.807, 2.05) is 6.07 Å². The Morgan fingerprint density at radius 3 is 2.44 bits per heavy atom. The smallest absolute Gasteiger partial charge is 0.337 e.